The van der Waals surface area contributed by atoms with Gasteiger partial charge in [-0.2, -0.15) is 0 Å². The molecule has 0 nitrogen and oxygen atoms in total. The van der Waals surface area contributed by atoms with Gasteiger partial charge in [-0.25, -0.2) is 0 Å². The zero-order chi connectivity index (χ0) is 15.6. The molecule has 2 aromatic rings. The molecule has 0 aromatic heterocycles. The van der Waals surface area contributed by atoms with E-state index >= 15 is 0 Å². The van der Waals surface area contributed by atoms with Gasteiger partial charge in [-0.3, -0.25) is 0 Å². The van der Waals surface area contributed by atoms with Gasteiger partial charge in [0.2, 0.25) is 0 Å². The number of unbranched alkanes of at least 4 members (excludes halogenated alkanes) is 3. The van der Waals surface area contributed by atoms with E-state index in [-0.39, 0.29) is 0 Å². The molecule has 0 aliphatic carbocycles. The van der Waals surface area contributed by atoms with Gasteiger partial charge in [0.1, 0.15) is 0 Å². The Kier molecular flexibility index (Phi) is 7.22. The highest BCUT2D eigenvalue weighted by molar-refractivity contribution is 5.35. The van der Waals surface area contributed by atoms with Crippen molar-refractivity contribution in [3.63, 3.8) is 0 Å². The molecule has 22 heavy (non-hydrogen) atoms. The van der Waals surface area contributed by atoms with Crippen molar-refractivity contribution in [1.82, 2.24) is 0 Å². The Morgan fingerprint density at radius 1 is 0.773 bits per heavy atom. The third kappa shape index (κ3) is 5.33. The summed E-state index contributed by atoms with van der Waals surface area (Å²) in [4.78, 5) is 0. The summed E-state index contributed by atoms with van der Waals surface area (Å²) in [6.45, 7) is 4.64. The van der Waals surface area contributed by atoms with Crippen molar-refractivity contribution in [1.29, 1.82) is 0 Å². The van der Waals surface area contributed by atoms with Gasteiger partial charge in [0.25, 0.3) is 0 Å². The van der Waals surface area contributed by atoms with Gasteiger partial charge in [0.15, 0.2) is 0 Å². The summed E-state index contributed by atoms with van der Waals surface area (Å²) in [6, 6.07) is 21.8. The first-order valence-electron chi connectivity index (χ1n) is 8.76. The van der Waals surface area contributed by atoms with Crippen LogP contribution in [0.4, 0.5) is 0 Å². The number of hydrogen-bond acceptors (Lipinski definition) is 0. The quantitative estimate of drug-likeness (QED) is 0.455. The van der Waals surface area contributed by atoms with Crippen LogP contribution in [0, 0.1) is 12.3 Å². The molecule has 0 saturated heterocycles. The van der Waals surface area contributed by atoms with Crippen LogP contribution in [0.3, 0.4) is 0 Å². The van der Waals surface area contributed by atoms with Crippen molar-refractivity contribution < 1.29 is 0 Å². The molecule has 117 valence electrons. The van der Waals surface area contributed by atoms with Gasteiger partial charge in [-0.15, -0.1) is 0 Å². The fourth-order valence-electron chi connectivity index (χ4n) is 3.05. The Balaban J connectivity index is 2.03. The summed E-state index contributed by atoms with van der Waals surface area (Å²) < 4.78 is 0. The van der Waals surface area contributed by atoms with Gasteiger partial charge in [0, 0.05) is 5.92 Å². The lowest BCUT2D eigenvalue weighted by Crippen LogP contribution is -2.08. The number of benzene rings is 2. The molecule has 0 N–H and O–H groups in total. The van der Waals surface area contributed by atoms with Crippen molar-refractivity contribution in [3.8, 4) is 0 Å². The first-order valence-corrected chi connectivity index (χ1v) is 8.76. The summed E-state index contributed by atoms with van der Waals surface area (Å²) >= 11 is 0. The Hall–Kier alpha value is -1.56. The van der Waals surface area contributed by atoms with Crippen LogP contribution in [-0.2, 0) is 0 Å². The maximum absolute atomic E-state index is 2.54. The zero-order valence-electron chi connectivity index (χ0n) is 14.0. The first-order chi connectivity index (χ1) is 10.8. The monoisotopic (exact) mass is 293 g/mol. The normalized spacial score (nSPS) is 12.5. The van der Waals surface area contributed by atoms with Crippen LogP contribution in [0.15, 0.2) is 60.7 Å². The minimum absolute atomic E-state index is 0.406. The van der Waals surface area contributed by atoms with Crippen molar-refractivity contribution in [3.05, 3.63) is 78.2 Å². The summed E-state index contributed by atoms with van der Waals surface area (Å²) in [7, 11) is 0. The van der Waals surface area contributed by atoms with Gasteiger partial charge in [0.05, 0.1) is 0 Å². The molecule has 2 rings (SSSR count). The minimum atomic E-state index is 0.406. The molecule has 0 aliphatic rings. The van der Waals surface area contributed by atoms with E-state index in [9.17, 15) is 0 Å². The maximum Gasteiger partial charge on any atom is 0.0123 e. The average molecular weight is 293 g/mol. The fraction of sp³-hybridized carbons (Fsp3) is 0.409. The molecule has 0 saturated carbocycles. The fourth-order valence-corrected chi connectivity index (χ4v) is 3.05. The largest absolute Gasteiger partial charge is 0.0654 e. The van der Waals surface area contributed by atoms with E-state index in [0.717, 1.165) is 0 Å². The van der Waals surface area contributed by atoms with Gasteiger partial charge < -0.3 is 0 Å². The second-order valence-electron chi connectivity index (χ2n) is 6.32. The van der Waals surface area contributed by atoms with Crippen molar-refractivity contribution in [2.75, 3.05) is 0 Å². The van der Waals surface area contributed by atoms with Gasteiger partial charge in [-0.1, -0.05) is 107 Å². The molecular weight excluding hydrogens is 264 g/mol. The van der Waals surface area contributed by atoms with E-state index in [0.29, 0.717) is 11.8 Å². The lowest BCUT2D eigenvalue weighted by molar-refractivity contribution is 0.520. The molecule has 1 atom stereocenters. The van der Waals surface area contributed by atoms with E-state index < -0.39 is 0 Å². The molecular formula is C22H29. The van der Waals surface area contributed by atoms with E-state index in [2.05, 4.69) is 80.9 Å². The van der Waals surface area contributed by atoms with Crippen LogP contribution in [0.2, 0.25) is 0 Å². The van der Waals surface area contributed by atoms with Gasteiger partial charge in [-0.05, 0) is 23.5 Å². The van der Waals surface area contributed by atoms with Crippen molar-refractivity contribution in [2.45, 2.75) is 51.9 Å². The van der Waals surface area contributed by atoms with Gasteiger partial charge >= 0.3 is 0 Å². The van der Waals surface area contributed by atoms with Crippen LogP contribution in [0.5, 0.6) is 0 Å². The summed E-state index contributed by atoms with van der Waals surface area (Å²) in [5.74, 6) is 1.06. The highest BCUT2D eigenvalue weighted by Crippen LogP contribution is 2.31. The Morgan fingerprint density at radius 2 is 1.32 bits per heavy atom. The third-order valence-corrected chi connectivity index (χ3v) is 4.35. The molecule has 0 amide bonds. The summed E-state index contributed by atoms with van der Waals surface area (Å²) in [5.41, 5.74) is 2.79. The highest BCUT2D eigenvalue weighted by Gasteiger charge is 2.17. The smallest absolute Gasteiger partial charge is 0.0123 e. The third-order valence-electron chi connectivity index (χ3n) is 4.35. The van der Waals surface area contributed by atoms with E-state index in [1.54, 1.807) is 0 Å². The molecule has 1 radical (unpaired) electrons. The maximum atomic E-state index is 2.54. The lowest BCUT2D eigenvalue weighted by atomic mass is 9.82. The van der Waals surface area contributed by atoms with Crippen LogP contribution in [0.25, 0.3) is 0 Å². The summed E-state index contributed by atoms with van der Waals surface area (Å²) in [5, 5.41) is 0. The number of rotatable bonds is 9. The number of hydrogen-bond donors (Lipinski definition) is 0. The zero-order valence-corrected chi connectivity index (χ0v) is 14.0. The molecule has 0 aliphatic heterocycles. The molecule has 2 aromatic carbocycles. The predicted molar refractivity (Wildman–Crippen MR) is 97.0 cm³/mol. The summed E-state index contributed by atoms with van der Waals surface area (Å²) in [6.07, 6.45) is 9.24. The van der Waals surface area contributed by atoms with Crippen LogP contribution >= 0.6 is 0 Å². The lowest BCUT2D eigenvalue weighted by Gasteiger charge is -2.22. The van der Waals surface area contributed by atoms with E-state index in [1.165, 1.54) is 43.2 Å². The average Bonchev–Trinajstić information content (AvgIpc) is 2.58. The topological polar surface area (TPSA) is 0 Å². The molecule has 0 heterocycles. The van der Waals surface area contributed by atoms with Crippen molar-refractivity contribution in [2.24, 2.45) is 5.92 Å². The first kappa shape index (κ1) is 16.8. The molecule has 1 unspecified atom stereocenters. The SMILES string of the molecule is CCCCCCC(C)[CH]C(c1ccccc1)c1ccccc1. The minimum Gasteiger partial charge on any atom is -0.0654 e. The Morgan fingerprint density at radius 3 is 1.82 bits per heavy atom. The van der Waals surface area contributed by atoms with Crippen LogP contribution in [0.1, 0.15) is 63.0 Å². The molecule has 0 spiro atoms. The second kappa shape index (κ2) is 9.46. The van der Waals surface area contributed by atoms with E-state index in [4.69, 9.17) is 0 Å². The standard InChI is InChI=1S/C22H29/c1-3-4-5-8-13-19(2)18-22(20-14-9-6-10-15-20)21-16-11-7-12-17-21/h6-7,9-12,14-19,22H,3-5,8,13H2,1-2H3. The molecule has 0 heteroatoms. The van der Waals surface area contributed by atoms with E-state index in [1.807, 2.05) is 0 Å². The molecule has 0 fully saturated rings. The predicted octanol–water partition coefficient (Wildman–Crippen LogP) is 6.63. The second-order valence-corrected chi connectivity index (χ2v) is 6.32. The Bertz CT molecular complexity index is 461. The Labute approximate surface area is 136 Å². The van der Waals surface area contributed by atoms with Crippen molar-refractivity contribution >= 4 is 0 Å². The van der Waals surface area contributed by atoms with Crippen LogP contribution in [-0.4, -0.2) is 0 Å². The van der Waals surface area contributed by atoms with Crippen LogP contribution < -0.4 is 0 Å². The molecule has 0 bridgehead atoms. The highest BCUT2D eigenvalue weighted by atomic mass is 14.2.